The van der Waals surface area contributed by atoms with E-state index in [0.29, 0.717) is 6.42 Å². The maximum atomic E-state index is 8.90. The molecular formula is C20H24N4. The minimum atomic E-state index is 0.678. The van der Waals surface area contributed by atoms with Gasteiger partial charge >= 0.3 is 0 Å². The lowest BCUT2D eigenvalue weighted by Crippen LogP contribution is -2.21. The highest BCUT2D eigenvalue weighted by atomic mass is 15.0. The van der Waals surface area contributed by atoms with Crippen molar-refractivity contribution in [1.29, 1.82) is 5.26 Å². The summed E-state index contributed by atoms with van der Waals surface area (Å²) in [6.07, 6.45) is 10.8. The number of hydrogen-bond donors (Lipinski definition) is 1. The second-order valence-corrected chi connectivity index (χ2v) is 5.83. The largest absolute Gasteiger partial charge is 0.280 e. The molecule has 0 aliphatic rings. The number of amidine groups is 1. The molecule has 2 aromatic rings. The van der Waals surface area contributed by atoms with Crippen molar-refractivity contribution < 1.29 is 0 Å². The monoisotopic (exact) mass is 320 g/mol. The van der Waals surface area contributed by atoms with E-state index in [2.05, 4.69) is 46.5 Å². The van der Waals surface area contributed by atoms with E-state index < -0.39 is 0 Å². The number of nitriles is 1. The average molecular weight is 320 g/mol. The number of aliphatic imine (C=N–C) groups is 1. The maximum Gasteiger partial charge on any atom is 0.182 e. The summed E-state index contributed by atoms with van der Waals surface area (Å²) in [5.41, 5.74) is 3.76. The van der Waals surface area contributed by atoms with E-state index in [0.717, 1.165) is 38.1 Å². The average Bonchev–Trinajstić information content (AvgIpc) is 2.61. The van der Waals surface area contributed by atoms with Crippen molar-refractivity contribution in [3.63, 3.8) is 0 Å². The smallest absolute Gasteiger partial charge is 0.182 e. The minimum Gasteiger partial charge on any atom is -0.280 e. The molecular weight excluding hydrogens is 296 g/mol. The van der Waals surface area contributed by atoms with Crippen LogP contribution in [0.15, 0.2) is 53.8 Å². The molecule has 0 saturated carbocycles. The van der Waals surface area contributed by atoms with Crippen LogP contribution in [-0.4, -0.2) is 17.4 Å². The molecule has 1 heterocycles. The van der Waals surface area contributed by atoms with E-state index in [1.54, 1.807) is 0 Å². The van der Waals surface area contributed by atoms with Gasteiger partial charge in [0.1, 0.15) is 5.84 Å². The Morgan fingerprint density at radius 2 is 1.92 bits per heavy atom. The van der Waals surface area contributed by atoms with Crippen molar-refractivity contribution in [3.8, 4) is 6.19 Å². The molecule has 0 bridgehead atoms. The first-order valence-corrected chi connectivity index (χ1v) is 8.41. The van der Waals surface area contributed by atoms with Gasteiger partial charge < -0.3 is 0 Å². The number of hydrogen-bond acceptors (Lipinski definition) is 3. The Kier molecular flexibility index (Phi) is 7.49. The third-order valence-electron chi connectivity index (χ3n) is 3.99. The standard InChI is InChI=1S/C20H24N4/c1-17-7-4-5-9-19(17)15-20(24-16-21)23-12-6-2-3-8-18-10-13-22-14-11-18/h4-5,7,9-11,13-14H,2-3,6,8,12,15H2,1H3,(H,23,24). The third kappa shape index (κ3) is 6.21. The van der Waals surface area contributed by atoms with Crippen LogP contribution in [-0.2, 0) is 12.8 Å². The SMILES string of the molecule is Cc1ccccc1CC(=NCCCCCc1ccncc1)NC#N. The van der Waals surface area contributed by atoms with Crippen molar-refractivity contribution in [2.24, 2.45) is 4.99 Å². The van der Waals surface area contributed by atoms with Gasteiger partial charge in [-0.25, -0.2) is 0 Å². The molecule has 0 radical (unpaired) electrons. The summed E-state index contributed by atoms with van der Waals surface area (Å²) < 4.78 is 0. The van der Waals surface area contributed by atoms with E-state index in [1.165, 1.54) is 16.7 Å². The summed E-state index contributed by atoms with van der Waals surface area (Å²) in [6, 6.07) is 12.3. The molecule has 24 heavy (non-hydrogen) atoms. The molecule has 1 aromatic heterocycles. The Bertz CT molecular complexity index is 686. The Hall–Kier alpha value is -2.67. The summed E-state index contributed by atoms with van der Waals surface area (Å²) >= 11 is 0. The molecule has 4 nitrogen and oxygen atoms in total. The number of rotatable bonds is 8. The lowest BCUT2D eigenvalue weighted by Gasteiger charge is -2.07. The van der Waals surface area contributed by atoms with Crippen LogP contribution in [0.3, 0.4) is 0 Å². The summed E-state index contributed by atoms with van der Waals surface area (Å²) in [6.45, 7) is 2.84. The van der Waals surface area contributed by atoms with Crippen molar-refractivity contribution in [2.45, 2.75) is 39.0 Å². The molecule has 124 valence electrons. The number of nitrogens with one attached hydrogen (secondary N) is 1. The summed E-state index contributed by atoms with van der Waals surface area (Å²) in [5, 5.41) is 11.6. The van der Waals surface area contributed by atoms with Crippen molar-refractivity contribution in [1.82, 2.24) is 10.3 Å². The molecule has 0 saturated heterocycles. The lowest BCUT2D eigenvalue weighted by molar-refractivity contribution is 0.685. The highest BCUT2D eigenvalue weighted by molar-refractivity contribution is 5.85. The Morgan fingerprint density at radius 3 is 2.67 bits per heavy atom. The first kappa shape index (κ1) is 17.7. The van der Waals surface area contributed by atoms with Gasteiger partial charge in [-0.1, -0.05) is 30.7 Å². The first-order chi connectivity index (χ1) is 11.8. The van der Waals surface area contributed by atoms with Crippen LogP contribution in [0.5, 0.6) is 0 Å². The van der Waals surface area contributed by atoms with Crippen LogP contribution < -0.4 is 5.32 Å². The number of aryl methyl sites for hydroxylation is 2. The molecule has 0 atom stereocenters. The van der Waals surface area contributed by atoms with E-state index in [9.17, 15) is 0 Å². The van der Waals surface area contributed by atoms with Gasteiger partial charge in [0.05, 0.1) is 0 Å². The molecule has 0 spiro atoms. The van der Waals surface area contributed by atoms with Gasteiger partial charge in [-0.3, -0.25) is 15.3 Å². The molecule has 0 aliphatic carbocycles. The maximum absolute atomic E-state index is 8.90. The van der Waals surface area contributed by atoms with Crippen molar-refractivity contribution >= 4 is 5.84 Å². The summed E-state index contributed by atoms with van der Waals surface area (Å²) in [5.74, 6) is 0.751. The van der Waals surface area contributed by atoms with Gasteiger partial charge in [0.2, 0.25) is 0 Å². The minimum absolute atomic E-state index is 0.678. The van der Waals surface area contributed by atoms with Crippen molar-refractivity contribution in [2.75, 3.05) is 6.54 Å². The third-order valence-corrected chi connectivity index (χ3v) is 3.99. The molecule has 0 fully saturated rings. The highest BCUT2D eigenvalue weighted by Crippen LogP contribution is 2.09. The first-order valence-electron chi connectivity index (χ1n) is 8.41. The van der Waals surface area contributed by atoms with E-state index in [4.69, 9.17) is 5.26 Å². The highest BCUT2D eigenvalue weighted by Gasteiger charge is 2.03. The second kappa shape index (κ2) is 10.2. The number of unbranched alkanes of at least 4 members (excludes halogenated alkanes) is 2. The van der Waals surface area contributed by atoms with E-state index >= 15 is 0 Å². The van der Waals surface area contributed by atoms with Gasteiger partial charge in [0.15, 0.2) is 6.19 Å². The predicted octanol–water partition coefficient (Wildman–Crippen LogP) is 3.81. The fraction of sp³-hybridized carbons (Fsp3) is 0.350. The van der Waals surface area contributed by atoms with Gasteiger partial charge in [-0.05, 0) is 55.0 Å². The fourth-order valence-corrected chi connectivity index (χ4v) is 2.57. The second-order valence-electron chi connectivity index (χ2n) is 5.83. The molecule has 0 unspecified atom stereocenters. The predicted molar refractivity (Wildman–Crippen MR) is 97.7 cm³/mol. The van der Waals surface area contributed by atoms with Gasteiger partial charge in [0, 0.05) is 25.4 Å². The number of nitrogens with zero attached hydrogens (tertiary/aromatic N) is 3. The van der Waals surface area contributed by atoms with Crippen LogP contribution >= 0.6 is 0 Å². The summed E-state index contributed by atoms with van der Waals surface area (Å²) in [4.78, 5) is 8.60. The number of benzene rings is 1. The molecule has 1 aromatic carbocycles. The fourth-order valence-electron chi connectivity index (χ4n) is 2.57. The zero-order valence-electron chi connectivity index (χ0n) is 14.2. The van der Waals surface area contributed by atoms with Crippen LogP contribution in [0.25, 0.3) is 0 Å². The van der Waals surface area contributed by atoms with Crippen LogP contribution in [0.1, 0.15) is 36.0 Å². The molecule has 0 amide bonds. The van der Waals surface area contributed by atoms with Crippen molar-refractivity contribution in [3.05, 3.63) is 65.5 Å². The quantitative estimate of drug-likeness (QED) is 0.264. The van der Waals surface area contributed by atoms with Crippen LogP contribution in [0, 0.1) is 18.4 Å². The zero-order valence-corrected chi connectivity index (χ0v) is 14.2. The van der Waals surface area contributed by atoms with Crippen LogP contribution in [0.4, 0.5) is 0 Å². The van der Waals surface area contributed by atoms with E-state index in [-0.39, 0.29) is 0 Å². The Labute approximate surface area is 144 Å². The zero-order chi connectivity index (χ0) is 17.0. The van der Waals surface area contributed by atoms with E-state index in [1.807, 2.05) is 30.7 Å². The van der Waals surface area contributed by atoms with Gasteiger partial charge in [0.25, 0.3) is 0 Å². The molecule has 4 heteroatoms. The Morgan fingerprint density at radius 1 is 1.12 bits per heavy atom. The summed E-state index contributed by atoms with van der Waals surface area (Å²) in [7, 11) is 0. The molecule has 2 rings (SSSR count). The Balaban J connectivity index is 1.75. The van der Waals surface area contributed by atoms with Crippen LogP contribution in [0.2, 0.25) is 0 Å². The molecule has 0 aliphatic heterocycles. The van der Waals surface area contributed by atoms with Gasteiger partial charge in [-0.15, -0.1) is 0 Å². The number of pyridine rings is 1. The molecule has 1 N–H and O–H groups in total. The normalized spacial score (nSPS) is 11.1. The number of aromatic nitrogens is 1. The lowest BCUT2D eigenvalue weighted by atomic mass is 10.1. The van der Waals surface area contributed by atoms with Gasteiger partial charge in [-0.2, -0.15) is 5.26 Å². The topological polar surface area (TPSA) is 61.1 Å².